The largest absolute Gasteiger partial charge is 0.309 e. The van der Waals surface area contributed by atoms with E-state index in [2.05, 4.69) is 182 Å². The summed E-state index contributed by atoms with van der Waals surface area (Å²) in [6.07, 6.45) is 0. The topological polar surface area (TPSA) is 26.4 Å². The van der Waals surface area contributed by atoms with Gasteiger partial charge in [0.15, 0.2) is 0 Å². The van der Waals surface area contributed by atoms with E-state index in [-0.39, 0.29) is 11.0 Å². The molecule has 3 aromatic heterocycles. The number of nitrogens with zero attached hydrogens (tertiary/aromatic N) is 2. The number of benzene rings is 10. The van der Waals surface area contributed by atoms with E-state index in [1.807, 2.05) is 22.6 Å². The van der Waals surface area contributed by atoms with Crippen molar-refractivity contribution in [1.29, 1.82) is 0 Å². The van der Waals surface area contributed by atoms with Gasteiger partial charge in [-0.3, -0.25) is 9.20 Å². The predicted octanol–water partition coefficient (Wildman–Crippen LogP) is 14.7. The van der Waals surface area contributed by atoms with Gasteiger partial charge >= 0.3 is 0 Å². The van der Waals surface area contributed by atoms with Crippen molar-refractivity contribution in [2.24, 2.45) is 0 Å². The Balaban J connectivity index is 1.13. The molecule has 3 heterocycles. The Labute approximate surface area is 350 Å². The van der Waals surface area contributed by atoms with Gasteiger partial charge in [-0.05, 0) is 120 Å². The van der Waals surface area contributed by atoms with Crippen molar-refractivity contribution < 1.29 is 0 Å². The predicted molar refractivity (Wildman–Crippen MR) is 257 cm³/mol. The van der Waals surface area contributed by atoms with E-state index in [1.54, 1.807) is 0 Å². The molecule has 0 fully saturated rings. The summed E-state index contributed by atoms with van der Waals surface area (Å²) in [4.78, 5) is 14.3. The van der Waals surface area contributed by atoms with Gasteiger partial charge in [-0.1, -0.05) is 147 Å². The molecule has 0 unspecified atom stereocenters. The van der Waals surface area contributed by atoms with Gasteiger partial charge in [0.1, 0.15) is 0 Å². The summed E-state index contributed by atoms with van der Waals surface area (Å²) in [6.45, 7) is 4.73. The van der Waals surface area contributed by atoms with E-state index in [4.69, 9.17) is 0 Å². The summed E-state index contributed by atoms with van der Waals surface area (Å²) in [7, 11) is 0. The summed E-state index contributed by atoms with van der Waals surface area (Å²) < 4.78 is 4.45. The molecule has 284 valence electrons. The molecule has 0 saturated carbocycles. The van der Waals surface area contributed by atoms with E-state index in [0.717, 1.165) is 54.8 Å². The highest BCUT2D eigenvalue weighted by Gasteiger charge is 2.36. The average molecular weight is 777 g/mol. The smallest absolute Gasteiger partial charge is 0.263 e. The Morgan fingerprint density at radius 1 is 0.377 bits per heavy atom. The normalized spacial score (nSPS) is 13.6. The molecule has 0 aliphatic heterocycles. The highest BCUT2D eigenvalue weighted by molar-refractivity contribution is 6.29. The number of para-hydroxylation sites is 2. The van der Waals surface area contributed by atoms with Gasteiger partial charge in [0.05, 0.1) is 22.1 Å². The minimum Gasteiger partial charge on any atom is -0.309 e. The number of fused-ring (bicyclic) bond motifs is 17. The molecule has 3 nitrogen and oxygen atoms in total. The Hall–Kier alpha value is -7.75. The molecule has 0 atom stereocenters. The van der Waals surface area contributed by atoms with Crippen LogP contribution in [0, 0.1) is 0 Å². The third-order valence-corrected chi connectivity index (χ3v) is 14.2. The second-order valence-corrected chi connectivity index (χ2v) is 17.6. The lowest BCUT2D eigenvalue weighted by Crippen LogP contribution is -2.15. The van der Waals surface area contributed by atoms with Crippen LogP contribution in [0.3, 0.4) is 0 Å². The van der Waals surface area contributed by atoms with Crippen LogP contribution in [-0.2, 0) is 5.41 Å². The molecule has 0 N–H and O–H groups in total. The monoisotopic (exact) mass is 776 g/mol. The standard InChI is InChI=1S/C58H36N2O/c1-58(2)50-24-11-9-18-39(50)46-31-48-40-19-10-12-25-52(40)59(54(48)32-51(46)58)34-29-45(55-41-20-7-5-15-36(41)35-14-3-4-16-37(35)49(55)30-34)33-26-27-53-47(28-33)43-23-13-22-42-38-17-6-8-21-44(38)57(61)60(53)56(42)43/h3-32H,1-2H3. The maximum absolute atomic E-state index is 14.3. The number of rotatable bonds is 2. The first kappa shape index (κ1) is 33.1. The molecule has 0 spiro atoms. The molecule has 10 aromatic carbocycles. The first-order valence-corrected chi connectivity index (χ1v) is 21.2. The minimum absolute atomic E-state index is 0.0242. The molecule has 1 aliphatic carbocycles. The molecule has 1 aliphatic rings. The van der Waals surface area contributed by atoms with Crippen LogP contribution in [0.5, 0.6) is 0 Å². The van der Waals surface area contributed by atoms with Crippen LogP contribution >= 0.6 is 0 Å². The fraction of sp³-hybridized carbons (Fsp3) is 0.0517. The molecular weight excluding hydrogens is 741 g/mol. The Morgan fingerprint density at radius 2 is 0.967 bits per heavy atom. The molecule has 3 heteroatoms. The molecule has 0 saturated heterocycles. The van der Waals surface area contributed by atoms with Crippen molar-refractivity contribution in [2.45, 2.75) is 19.3 Å². The molecule has 14 rings (SSSR count). The number of aromatic nitrogens is 2. The highest BCUT2D eigenvalue weighted by atomic mass is 16.1. The van der Waals surface area contributed by atoms with Crippen LogP contribution in [0.4, 0.5) is 0 Å². The minimum atomic E-state index is -0.135. The summed E-state index contributed by atoms with van der Waals surface area (Å²) in [6, 6.07) is 66.5. The summed E-state index contributed by atoms with van der Waals surface area (Å²) >= 11 is 0. The van der Waals surface area contributed by atoms with Crippen LogP contribution in [0.15, 0.2) is 187 Å². The van der Waals surface area contributed by atoms with Gasteiger partial charge in [0, 0.05) is 43.4 Å². The SMILES string of the molecule is CC1(C)c2ccccc2-c2cc3c4ccccc4n(-c4cc(-c5ccc6c(c5)c5cccc7c8ccccc8c(=O)n6c75)c5c6ccccc6c6ccccc6c5c4)c3cc21. The lowest BCUT2D eigenvalue weighted by atomic mass is 9.82. The lowest BCUT2D eigenvalue weighted by molar-refractivity contribution is 0.661. The average Bonchev–Trinajstić information content (AvgIpc) is 3.90. The zero-order valence-electron chi connectivity index (χ0n) is 33.6. The molecular formula is C58H36N2O. The van der Waals surface area contributed by atoms with Gasteiger partial charge in [-0.2, -0.15) is 0 Å². The Bertz CT molecular complexity index is 4160. The first-order valence-electron chi connectivity index (χ1n) is 21.2. The van der Waals surface area contributed by atoms with Crippen LogP contribution in [0.2, 0.25) is 0 Å². The van der Waals surface area contributed by atoms with Gasteiger partial charge in [0.25, 0.3) is 5.56 Å². The first-order chi connectivity index (χ1) is 30.0. The molecule has 0 amide bonds. The number of hydrogen-bond donors (Lipinski definition) is 0. The fourth-order valence-electron chi connectivity index (χ4n) is 11.5. The summed E-state index contributed by atoms with van der Waals surface area (Å²) in [5.74, 6) is 0. The maximum Gasteiger partial charge on any atom is 0.263 e. The maximum atomic E-state index is 14.3. The van der Waals surface area contributed by atoms with Gasteiger partial charge in [-0.15, -0.1) is 0 Å². The molecule has 61 heavy (non-hydrogen) atoms. The third kappa shape index (κ3) is 4.15. The van der Waals surface area contributed by atoms with E-state index in [1.165, 1.54) is 76.4 Å². The third-order valence-electron chi connectivity index (χ3n) is 14.2. The van der Waals surface area contributed by atoms with E-state index in [9.17, 15) is 4.79 Å². The zero-order chi connectivity index (χ0) is 40.3. The fourth-order valence-corrected chi connectivity index (χ4v) is 11.5. The second-order valence-electron chi connectivity index (χ2n) is 17.6. The van der Waals surface area contributed by atoms with Crippen molar-refractivity contribution in [1.82, 2.24) is 8.97 Å². The highest BCUT2D eigenvalue weighted by Crippen LogP contribution is 2.52. The zero-order valence-corrected chi connectivity index (χ0v) is 33.6. The Kier molecular flexibility index (Phi) is 6.24. The quantitative estimate of drug-likeness (QED) is 0.161. The van der Waals surface area contributed by atoms with Crippen molar-refractivity contribution >= 4 is 92.1 Å². The summed E-state index contributed by atoms with van der Waals surface area (Å²) in [5.41, 5.74) is 13.0. The van der Waals surface area contributed by atoms with Gasteiger partial charge < -0.3 is 4.57 Å². The van der Waals surface area contributed by atoms with Crippen LogP contribution in [0.25, 0.3) is 120 Å². The van der Waals surface area contributed by atoms with Gasteiger partial charge in [-0.25, -0.2) is 0 Å². The van der Waals surface area contributed by atoms with Crippen LogP contribution in [0.1, 0.15) is 25.0 Å². The van der Waals surface area contributed by atoms with E-state index >= 15 is 0 Å². The number of pyridine rings is 1. The van der Waals surface area contributed by atoms with Crippen LogP contribution < -0.4 is 5.56 Å². The van der Waals surface area contributed by atoms with E-state index < -0.39 is 0 Å². The van der Waals surface area contributed by atoms with Gasteiger partial charge in [0.2, 0.25) is 0 Å². The molecule has 13 aromatic rings. The van der Waals surface area contributed by atoms with E-state index in [0.29, 0.717) is 0 Å². The van der Waals surface area contributed by atoms with Crippen molar-refractivity contribution in [3.63, 3.8) is 0 Å². The molecule has 0 radical (unpaired) electrons. The number of hydrogen-bond acceptors (Lipinski definition) is 1. The Morgan fingerprint density at radius 3 is 1.75 bits per heavy atom. The summed E-state index contributed by atoms with van der Waals surface area (Å²) in [5, 5.41) is 14.9. The van der Waals surface area contributed by atoms with Crippen molar-refractivity contribution in [3.05, 3.63) is 203 Å². The molecule has 0 bridgehead atoms. The second kappa shape index (κ2) is 11.5. The van der Waals surface area contributed by atoms with Crippen LogP contribution in [-0.4, -0.2) is 8.97 Å². The van der Waals surface area contributed by atoms with Crippen molar-refractivity contribution in [2.75, 3.05) is 0 Å². The van der Waals surface area contributed by atoms with Crippen molar-refractivity contribution in [3.8, 4) is 27.9 Å². The lowest BCUT2D eigenvalue weighted by Gasteiger charge is -2.22.